The van der Waals surface area contributed by atoms with E-state index in [4.69, 9.17) is 4.74 Å². The highest BCUT2D eigenvalue weighted by Crippen LogP contribution is 2.35. The molecule has 2 aromatic rings. The number of pyridine rings is 1. The molecule has 1 aliphatic carbocycles. The highest BCUT2D eigenvalue weighted by molar-refractivity contribution is 5.79. The number of piperidine rings is 1. The molecule has 4 rings (SSSR count). The van der Waals surface area contributed by atoms with Crippen molar-refractivity contribution in [2.45, 2.75) is 57.2 Å². The van der Waals surface area contributed by atoms with Gasteiger partial charge in [-0.15, -0.1) is 0 Å². The zero-order valence-electron chi connectivity index (χ0n) is 24.6. The predicted octanol–water partition coefficient (Wildman–Crippen LogP) is 5.87. The molecule has 1 fully saturated rings. The molecule has 0 saturated carbocycles. The maximum atomic E-state index is 13.1. The summed E-state index contributed by atoms with van der Waals surface area (Å²) in [5, 5.41) is 16.1. The SMILES string of the molecule is COC(=O)CN1CCC(Nc2cccc3c2C=C(C#CCNc2ccc(C(C)(C)C#N)nc2)/C(=C\CC(F)(F)F)C3)CC1. The number of benzene rings is 1. The number of hydrogen-bond donors (Lipinski definition) is 2. The Balaban J connectivity index is 1.50. The third-order valence-electron chi connectivity index (χ3n) is 7.61. The molecule has 2 heterocycles. The Hall–Kier alpha value is -4.28. The molecular weight excluding hydrogens is 555 g/mol. The van der Waals surface area contributed by atoms with Crippen molar-refractivity contribution in [3.05, 3.63) is 70.6 Å². The van der Waals surface area contributed by atoms with Crippen molar-refractivity contribution in [2.24, 2.45) is 0 Å². The molecule has 0 bridgehead atoms. The fourth-order valence-electron chi connectivity index (χ4n) is 5.05. The van der Waals surface area contributed by atoms with Crippen LogP contribution in [0.25, 0.3) is 6.08 Å². The van der Waals surface area contributed by atoms with Crippen LogP contribution in [-0.4, -0.2) is 61.4 Å². The predicted molar refractivity (Wildman–Crippen MR) is 161 cm³/mol. The van der Waals surface area contributed by atoms with Crippen LogP contribution < -0.4 is 10.6 Å². The molecule has 1 aliphatic heterocycles. The van der Waals surface area contributed by atoms with Crippen molar-refractivity contribution in [1.82, 2.24) is 9.88 Å². The van der Waals surface area contributed by atoms with Crippen LogP contribution in [0.1, 0.15) is 49.9 Å². The van der Waals surface area contributed by atoms with Crippen LogP contribution in [-0.2, 0) is 21.4 Å². The summed E-state index contributed by atoms with van der Waals surface area (Å²) in [6, 6.07) is 11.9. The van der Waals surface area contributed by atoms with Gasteiger partial charge in [0.05, 0.1) is 55.7 Å². The fourth-order valence-corrected chi connectivity index (χ4v) is 5.05. The Bertz CT molecular complexity index is 1470. The van der Waals surface area contributed by atoms with Gasteiger partial charge >= 0.3 is 12.1 Å². The smallest absolute Gasteiger partial charge is 0.392 e. The minimum Gasteiger partial charge on any atom is -0.468 e. The Labute approximate surface area is 250 Å². The van der Waals surface area contributed by atoms with Gasteiger partial charge in [0.1, 0.15) is 0 Å². The summed E-state index contributed by atoms with van der Waals surface area (Å²) in [6.45, 7) is 5.66. The molecule has 10 heteroatoms. The maximum Gasteiger partial charge on any atom is 0.392 e. The molecule has 2 N–H and O–H groups in total. The second-order valence-corrected chi connectivity index (χ2v) is 11.3. The van der Waals surface area contributed by atoms with Gasteiger partial charge in [-0.25, -0.2) is 0 Å². The second kappa shape index (κ2) is 13.8. The zero-order chi connectivity index (χ0) is 31.0. The number of rotatable bonds is 8. The number of nitrogens with zero attached hydrogens (tertiary/aromatic N) is 3. The minimum absolute atomic E-state index is 0.202. The van der Waals surface area contributed by atoms with Gasteiger partial charge in [-0.05, 0) is 68.5 Å². The number of hydrogen-bond acceptors (Lipinski definition) is 7. The molecule has 2 aliphatic rings. The third kappa shape index (κ3) is 8.86. The lowest BCUT2D eigenvalue weighted by atomic mass is 9.86. The van der Waals surface area contributed by atoms with Crippen LogP contribution >= 0.6 is 0 Å². The van der Waals surface area contributed by atoms with E-state index in [1.54, 1.807) is 26.1 Å². The average molecular weight is 592 g/mol. The normalized spacial score (nSPS) is 16.8. The number of nitriles is 1. The van der Waals surface area contributed by atoms with Crippen LogP contribution in [0.15, 0.2) is 53.8 Å². The molecule has 0 atom stereocenters. The van der Waals surface area contributed by atoms with Gasteiger partial charge in [0.2, 0.25) is 0 Å². The van der Waals surface area contributed by atoms with Gasteiger partial charge in [0.25, 0.3) is 0 Å². The van der Waals surface area contributed by atoms with E-state index in [2.05, 4.69) is 38.4 Å². The molecule has 226 valence electrons. The van der Waals surface area contributed by atoms with E-state index in [0.29, 0.717) is 23.3 Å². The van der Waals surface area contributed by atoms with Crippen LogP contribution in [0.4, 0.5) is 24.5 Å². The number of alkyl halides is 3. The number of fused-ring (bicyclic) bond motifs is 1. The van der Waals surface area contributed by atoms with E-state index in [9.17, 15) is 23.2 Å². The molecule has 0 radical (unpaired) electrons. The third-order valence-corrected chi connectivity index (χ3v) is 7.61. The van der Waals surface area contributed by atoms with Gasteiger partial charge in [-0.2, -0.15) is 18.4 Å². The van der Waals surface area contributed by atoms with E-state index < -0.39 is 18.0 Å². The van der Waals surface area contributed by atoms with Crippen molar-refractivity contribution < 1.29 is 22.7 Å². The number of methoxy groups -OCH3 is 1. The van der Waals surface area contributed by atoms with E-state index in [1.165, 1.54) is 13.2 Å². The lowest BCUT2D eigenvalue weighted by molar-refractivity contribution is -0.142. The van der Waals surface area contributed by atoms with Crippen molar-refractivity contribution in [3.63, 3.8) is 0 Å². The summed E-state index contributed by atoms with van der Waals surface area (Å²) in [5.41, 5.74) is 4.59. The first kappa shape index (κ1) is 31.7. The van der Waals surface area contributed by atoms with E-state index in [-0.39, 0.29) is 25.1 Å². The standard InChI is InChI=1S/C33H36F3N5O2/c1-32(2,22-37)30-10-9-27(20-39-30)38-15-5-7-23-19-28-25(18-24(23)11-14-33(34,35)36)6-4-8-29(28)40-26-12-16-41(17-13-26)21-31(42)43-3/h4,6,8-11,19-20,26,38,40H,12-18,21H2,1-3H3/b24-11-. The first-order chi connectivity index (χ1) is 20.5. The Kier molecular flexibility index (Phi) is 10.2. The first-order valence-electron chi connectivity index (χ1n) is 14.2. The summed E-state index contributed by atoms with van der Waals surface area (Å²) in [5.74, 6) is 5.89. The summed E-state index contributed by atoms with van der Waals surface area (Å²) in [4.78, 5) is 18.0. The largest absolute Gasteiger partial charge is 0.468 e. The van der Waals surface area contributed by atoms with Crippen LogP contribution in [0.3, 0.4) is 0 Å². The topological polar surface area (TPSA) is 90.3 Å². The van der Waals surface area contributed by atoms with Crippen molar-refractivity contribution in [1.29, 1.82) is 5.26 Å². The van der Waals surface area contributed by atoms with Crippen LogP contribution in [0.5, 0.6) is 0 Å². The number of esters is 1. The molecule has 43 heavy (non-hydrogen) atoms. The number of likely N-dealkylation sites (tertiary alicyclic amines) is 1. The number of carbonyl (C=O) groups is 1. The van der Waals surface area contributed by atoms with Gasteiger partial charge < -0.3 is 15.4 Å². The molecule has 1 aromatic heterocycles. The molecule has 1 saturated heterocycles. The summed E-state index contributed by atoms with van der Waals surface area (Å²) >= 11 is 0. The molecule has 7 nitrogen and oxygen atoms in total. The molecular formula is C33H36F3N5O2. The quantitative estimate of drug-likeness (QED) is 0.293. The minimum atomic E-state index is -4.31. The summed E-state index contributed by atoms with van der Waals surface area (Å²) in [7, 11) is 1.39. The van der Waals surface area contributed by atoms with Gasteiger partial charge in [0.15, 0.2) is 0 Å². The molecule has 0 unspecified atom stereocenters. The van der Waals surface area contributed by atoms with Crippen molar-refractivity contribution in [2.75, 3.05) is 43.9 Å². The monoisotopic (exact) mass is 591 g/mol. The van der Waals surface area contributed by atoms with Crippen LogP contribution in [0.2, 0.25) is 0 Å². The van der Waals surface area contributed by atoms with E-state index in [1.807, 2.05) is 30.3 Å². The van der Waals surface area contributed by atoms with Gasteiger partial charge in [0, 0.05) is 36.0 Å². The average Bonchev–Trinajstić information content (AvgIpc) is 2.99. The molecule has 0 spiro atoms. The number of allylic oxidation sites excluding steroid dienone is 3. The number of halogens is 3. The zero-order valence-corrected chi connectivity index (χ0v) is 24.6. The van der Waals surface area contributed by atoms with Gasteiger partial charge in [-0.3, -0.25) is 14.7 Å². The second-order valence-electron chi connectivity index (χ2n) is 11.3. The summed E-state index contributed by atoms with van der Waals surface area (Å²) < 4.78 is 44.1. The molecule has 1 aromatic carbocycles. The van der Waals surface area contributed by atoms with E-state index >= 15 is 0 Å². The number of ether oxygens (including phenoxy) is 1. The Morgan fingerprint density at radius 2 is 1.98 bits per heavy atom. The number of nitrogens with one attached hydrogen (secondary N) is 2. The highest BCUT2D eigenvalue weighted by atomic mass is 19.4. The lowest BCUT2D eigenvalue weighted by Gasteiger charge is -2.33. The maximum absolute atomic E-state index is 13.1. The Morgan fingerprint density at radius 3 is 2.63 bits per heavy atom. The number of aromatic nitrogens is 1. The number of carbonyl (C=O) groups excluding carboxylic acids is 1. The molecule has 0 amide bonds. The summed E-state index contributed by atoms with van der Waals surface area (Å²) in [6.07, 6.45) is 1.47. The first-order valence-corrected chi connectivity index (χ1v) is 14.2. The fraction of sp³-hybridized carbons (Fsp3) is 0.424. The van der Waals surface area contributed by atoms with Crippen molar-refractivity contribution >= 4 is 23.4 Å². The van der Waals surface area contributed by atoms with E-state index in [0.717, 1.165) is 48.4 Å². The highest BCUT2D eigenvalue weighted by Gasteiger charge is 2.27. The van der Waals surface area contributed by atoms with Gasteiger partial charge in [-0.1, -0.05) is 30.0 Å². The number of anilines is 2. The van der Waals surface area contributed by atoms with Crippen molar-refractivity contribution in [3.8, 4) is 17.9 Å². The Morgan fingerprint density at radius 1 is 1.21 bits per heavy atom. The van der Waals surface area contributed by atoms with Crippen LogP contribution in [0, 0.1) is 23.2 Å². The lowest BCUT2D eigenvalue weighted by Crippen LogP contribution is -2.41.